The molecule has 2 saturated heterocycles. The van der Waals surface area contributed by atoms with Crippen molar-refractivity contribution in [2.45, 2.75) is 30.7 Å². The third-order valence-corrected chi connectivity index (χ3v) is 5.60. The van der Waals surface area contributed by atoms with E-state index in [9.17, 15) is 29.4 Å². The highest BCUT2D eigenvalue weighted by Gasteiger charge is 2.57. The second kappa shape index (κ2) is 6.75. The van der Waals surface area contributed by atoms with Crippen LogP contribution in [-0.2, 0) is 19.2 Å². The molecule has 2 unspecified atom stereocenters. The van der Waals surface area contributed by atoms with Gasteiger partial charge in [0.05, 0.1) is 6.61 Å². The summed E-state index contributed by atoms with van der Waals surface area (Å²) in [5, 5.41) is 29.3. The Bertz CT molecular complexity index is 540. The minimum Gasteiger partial charge on any atom is -0.481 e. The number of β-lactam (4-membered cyclic amide) rings is 1. The molecule has 9 nitrogen and oxygen atoms in total. The van der Waals surface area contributed by atoms with Gasteiger partial charge in [0.25, 0.3) is 0 Å². The van der Waals surface area contributed by atoms with Gasteiger partial charge in [-0.15, -0.1) is 11.8 Å². The number of aliphatic hydroxyl groups is 1. The molecular formula is C13H18N2O7S. The first kappa shape index (κ1) is 17.5. The Morgan fingerprint density at radius 2 is 2.00 bits per heavy atom. The monoisotopic (exact) mass is 346 g/mol. The number of carbonyl (C=O) groups is 4. The molecule has 10 heteroatoms. The highest BCUT2D eigenvalue weighted by molar-refractivity contribution is 8.00. The fraction of sp³-hybridized carbons (Fsp3) is 0.692. The van der Waals surface area contributed by atoms with Crippen LogP contribution < -0.4 is 5.32 Å². The summed E-state index contributed by atoms with van der Waals surface area (Å²) in [4.78, 5) is 46.8. The van der Waals surface area contributed by atoms with E-state index in [0.717, 1.165) is 0 Å². The number of amides is 2. The van der Waals surface area contributed by atoms with E-state index in [-0.39, 0.29) is 42.8 Å². The van der Waals surface area contributed by atoms with Gasteiger partial charge in [0, 0.05) is 25.1 Å². The molecule has 3 atom stereocenters. The maximum atomic E-state index is 12.1. The van der Waals surface area contributed by atoms with Crippen LogP contribution >= 0.6 is 11.8 Å². The second-order valence-corrected chi connectivity index (χ2v) is 6.81. The molecule has 23 heavy (non-hydrogen) atoms. The summed E-state index contributed by atoms with van der Waals surface area (Å²) in [7, 11) is 0. The van der Waals surface area contributed by atoms with E-state index in [0.29, 0.717) is 0 Å². The molecule has 0 bridgehead atoms. The number of nitrogens with zero attached hydrogens (tertiary/aromatic N) is 1. The van der Waals surface area contributed by atoms with E-state index in [1.54, 1.807) is 0 Å². The Morgan fingerprint density at radius 1 is 1.30 bits per heavy atom. The maximum Gasteiger partial charge on any atom is 0.314 e. The molecule has 2 aliphatic heterocycles. The number of hydrogen-bond donors (Lipinski definition) is 4. The van der Waals surface area contributed by atoms with Gasteiger partial charge >= 0.3 is 11.9 Å². The zero-order valence-corrected chi connectivity index (χ0v) is 13.0. The standard InChI is InChI=1S/C13H18N2O7S/c16-5-13(12(21)22)4-15-10(20)9(11(15)23-6-13)14-7(17)2-1-3-8(18)19/h9,11,16H,1-6H2,(H,14,17)(H,18,19)(H,21,22)/t9?,11-,13?/m1/s1. The molecule has 2 fully saturated rings. The van der Waals surface area contributed by atoms with Gasteiger partial charge in [0.1, 0.15) is 16.8 Å². The van der Waals surface area contributed by atoms with Crippen LogP contribution in [0.3, 0.4) is 0 Å². The van der Waals surface area contributed by atoms with Crippen molar-refractivity contribution in [3.8, 4) is 0 Å². The highest BCUT2D eigenvalue weighted by atomic mass is 32.2. The summed E-state index contributed by atoms with van der Waals surface area (Å²) in [5.74, 6) is -2.77. The minimum atomic E-state index is -1.37. The summed E-state index contributed by atoms with van der Waals surface area (Å²) in [6, 6.07) is -0.720. The number of aliphatic hydroxyl groups excluding tert-OH is 1. The van der Waals surface area contributed by atoms with Crippen LogP contribution in [0.1, 0.15) is 19.3 Å². The first-order chi connectivity index (χ1) is 10.8. The molecule has 0 aromatic carbocycles. The molecular weight excluding hydrogens is 328 g/mol. The fourth-order valence-corrected chi connectivity index (χ4v) is 4.10. The lowest BCUT2D eigenvalue weighted by Gasteiger charge is -2.53. The number of rotatable bonds is 7. The van der Waals surface area contributed by atoms with Gasteiger partial charge in [-0.25, -0.2) is 0 Å². The maximum absolute atomic E-state index is 12.1. The van der Waals surface area contributed by atoms with Crippen LogP contribution in [0.5, 0.6) is 0 Å². The van der Waals surface area contributed by atoms with Crippen LogP contribution in [0.4, 0.5) is 0 Å². The molecule has 2 amide bonds. The summed E-state index contributed by atoms with van der Waals surface area (Å²) in [6.45, 7) is -0.640. The number of carboxylic acids is 2. The van der Waals surface area contributed by atoms with Crippen LogP contribution in [0.25, 0.3) is 0 Å². The largest absolute Gasteiger partial charge is 0.481 e. The Hall–Kier alpha value is -1.81. The number of fused-ring (bicyclic) bond motifs is 1. The number of aliphatic carboxylic acids is 2. The van der Waals surface area contributed by atoms with Gasteiger partial charge in [-0.05, 0) is 6.42 Å². The van der Waals surface area contributed by atoms with Crippen molar-refractivity contribution in [2.75, 3.05) is 18.9 Å². The Balaban J connectivity index is 1.88. The highest BCUT2D eigenvalue weighted by Crippen LogP contribution is 2.41. The number of nitrogens with one attached hydrogen (secondary N) is 1. The average Bonchev–Trinajstić information content (AvgIpc) is 2.51. The van der Waals surface area contributed by atoms with Gasteiger partial charge < -0.3 is 25.5 Å². The van der Waals surface area contributed by atoms with Crippen LogP contribution in [-0.4, -0.2) is 74.3 Å². The molecule has 0 aromatic heterocycles. The van der Waals surface area contributed by atoms with E-state index < -0.39 is 35.9 Å². The first-order valence-electron chi connectivity index (χ1n) is 7.08. The molecule has 2 aliphatic rings. The lowest BCUT2D eigenvalue weighted by molar-refractivity contribution is -0.161. The average molecular weight is 346 g/mol. The van der Waals surface area contributed by atoms with Crippen molar-refractivity contribution >= 4 is 35.5 Å². The van der Waals surface area contributed by atoms with Crippen molar-refractivity contribution in [3.63, 3.8) is 0 Å². The SMILES string of the molecule is O=C(O)CCCC(=O)NC1C(=O)N2CC(CO)(C(=O)O)CS[C@H]12. The number of carbonyl (C=O) groups excluding carboxylic acids is 2. The van der Waals surface area contributed by atoms with Crippen LogP contribution in [0, 0.1) is 5.41 Å². The zero-order valence-electron chi connectivity index (χ0n) is 12.2. The molecule has 0 spiro atoms. The minimum absolute atomic E-state index is 0.0170. The van der Waals surface area contributed by atoms with E-state index in [2.05, 4.69) is 5.32 Å². The van der Waals surface area contributed by atoms with Gasteiger partial charge in [-0.1, -0.05) is 0 Å². The molecule has 0 aliphatic carbocycles. The Kier molecular flexibility index (Phi) is 5.15. The quantitative estimate of drug-likeness (QED) is 0.417. The summed E-state index contributed by atoms with van der Waals surface area (Å²) >= 11 is 1.21. The van der Waals surface area contributed by atoms with Crippen LogP contribution in [0.15, 0.2) is 0 Å². The molecule has 2 heterocycles. The molecule has 4 N–H and O–H groups in total. The first-order valence-corrected chi connectivity index (χ1v) is 8.13. The predicted octanol–water partition coefficient (Wildman–Crippen LogP) is -1.30. The smallest absolute Gasteiger partial charge is 0.314 e. The van der Waals surface area contributed by atoms with Gasteiger partial charge in [-0.2, -0.15) is 0 Å². The van der Waals surface area contributed by atoms with Crippen molar-refractivity contribution in [1.82, 2.24) is 10.2 Å². The van der Waals surface area contributed by atoms with Gasteiger partial charge in [-0.3, -0.25) is 19.2 Å². The fourth-order valence-electron chi connectivity index (χ4n) is 2.57. The lowest BCUT2D eigenvalue weighted by Crippen LogP contribution is -2.74. The summed E-state index contributed by atoms with van der Waals surface area (Å²) in [6.07, 6.45) is 0.0907. The number of hydrogen-bond acceptors (Lipinski definition) is 6. The normalized spacial score (nSPS) is 29.4. The van der Waals surface area contributed by atoms with Crippen molar-refractivity contribution in [3.05, 3.63) is 0 Å². The third-order valence-electron chi connectivity index (χ3n) is 4.01. The van der Waals surface area contributed by atoms with Crippen molar-refractivity contribution in [1.29, 1.82) is 0 Å². The van der Waals surface area contributed by atoms with Gasteiger partial charge in [0.15, 0.2) is 0 Å². The van der Waals surface area contributed by atoms with Crippen LogP contribution in [0.2, 0.25) is 0 Å². The Labute approximate surface area is 136 Å². The topological polar surface area (TPSA) is 144 Å². The molecule has 2 rings (SSSR count). The lowest BCUT2D eigenvalue weighted by atomic mass is 9.88. The second-order valence-electron chi connectivity index (χ2n) is 5.70. The Morgan fingerprint density at radius 3 is 2.57 bits per heavy atom. The summed E-state index contributed by atoms with van der Waals surface area (Å²) < 4.78 is 0. The summed E-state index contributed by atoms with van der Waals surface area (Å²) in [5.41, 5.74) is -1.37. The van der Waals surface area contributed by atoms with E-state index in [4.69, 9.17) is 5.11 Å². The molecule has 0 aromatic rings. The van der Waals surface area contributed by atoms with Crippen molar-refractivity contribution < 1.29 is 34.5 Å². The van der Waals surface area contributed by atoms with Gasteiger partial charge in [0.2, 0.25) is 11.8 Å². The number of thioether (sulfide) groups is 1. The van der Waals surface area contributed by atoms with E-state index in [1.807, 2.05) is 0 Å². The van der Waals surface area contributed by atoms with E-state index in [1.165, 1.54) is 16.7 Å². The molecule has 128 valence electrons. The molecule has 0 saturated carbocycles. The predicted molar refractivity (Wildman–Crippen MR) is 78.5 cm³/mol. The van der Waals surface area contributed by atoms with Crippen molar-refractivity contribution in [2.24, 2.45) is 5.41 Å². The zero-order chi connectivity index (χ0) is 17.2. The third kappa shape index (κ3) is 3.42. The molecule has 0 radical (unpaired) electrons. The number of carboxylic acid groups (broad SMARTS) is 2. The van der Waals surface area contributed by atoms with E-state index >= 15 is 0 Å².